The van der Waals surface area contributed by atoms with Crippen molar-refractivity contribution in [2.24, 2.45) is 0 Å². The third kappa shape index (κ3) is 5.43. The molecule has 0 fully saturated rings. The molecule has 1 N–H and O–H groups in total. The summed E-state index contributed by atoms with van der Waals surface area (Å²) in [6.07, 6.45) is 1.89. The normalized spacial score (nSPS) is 10.0. The number of rotatable bonds is 8. The van der Waals surface area contributed by atoms with Crippen LogP contribution in [0.4, 0.5) is 0 Å². The van der Waals surface area contributed by atoms with E-state index in [9.17, 15) is 9.59 Å². The van der Waals surface area contributed by atoms with Gasteiger partial charge in [0.2, 0.25) is 0 Å². The molecule has 0 radical (unpaired) electrons. The van der Waals surface area contributed by atoms with Crippen LogP contribution >= 0.6 is 0 Å². The van der Waals surface area contributed by atoms with E-state index in [4.69, 9.17) is 9.47 Å². The lowest BCUT2D eigenvalue weighted by molar-refractivity contribution is -0.124. The highest BCUT2D eigenvalue weighted by atomic mass is 16.5. The summed E-state index contributed by atoms with van der Waals surface area (Å²) < 4.78 is 10.8. The van der Waals surface area contributed by atoms with Crippen LogP contribution in [-0.2, 0) is 9.53 Å². The molecule has 0 aliphatic carbocycles. The minimum absolute atomic E-state index is 0.280. The van der Waals surface area contributed by atoms with E-state index < -0.39 is 5.97 Å². The molecule has 0 spiro atoms. The molecule has 0 aliphatic rings. The van der Waals surface area contributed by atoms with Crippen LogP contribution in [0.3, 0.4) is 0 Å². The number of benzene rings is 2. The maximum absolute atomic E-state index is 12.2. The van der Waals surface area contributed by atoms with E-state index in [1.165, 1.54) is 0 Å². The highest BCUT2D eigenvalue weighted by Gasteiger charge is 2.15. The monoisotopic (exact) mass is 327 g/mol. The number of para-hydroxylation sites is 2. The average molecular weight is 327 g/mol. The molecule has 2 aromatic rings. The van der Waals surface area contributed by atoms with Crippen LogP contribution in [0.25, 0.3) is 0 Å². The number of nitrogens with one attached hydrogen (secondary N) is 1. The van der Waals surface area contributed by atoms with E-state index in [2.05, 4.69) is 5.32 Å². The molecule has 0 saturated carbocycles. The largest absolute Gasteiger partial charge is 0.456 e. The van der Waals surface area contributed by atoms with Gasteiger partial charge in [0.25, 0.3) is 5.91 Å². The van der Waals surface area contributed by atoms with Gasteiger partial charge in [0.1, 0.15) is 17.1 Å². The maximum atomic E-state index is 12.2. The van der Waals surface area contributed by atoms with Gasteiger partial charge in [-0.05, 0) is 30.7 Å². The summed E-state index contributed by atoms with van der Waals surface area (Å²) >= 11 is 0. The lowest BCUT2D eigenvalue weighted by Gasteiger charge is -2.11. The van der Waals surface area contributed by atoms with Gasteiger partial charge in [-0.15, -0.1) is 0 Å². The Morgan fingerprint density at radius 1 is 1.00 bits per heavy atom. The molecular weight excluding hydrogens is 306 g/mol. The molecule has 1 amide bonds. The van der Waals surface area contributed by atoms with Gasteiger partial charge in [-0.1, -0.05) is 43.7 Å². The van der Waals surface area contributed by atoms with Crippen molar-refractivity contribution in [3.05, 3.63) is 60.2 Å². The van der Waals surface area contributed by atoms with Gasteiger partial charge in [0.15, 0.2) is 6.61 Å². The van der Waals surface area contributed by atoms with Crippen LogP contribution in [0.15, 0.2) is 54.6 Å². The molecule has 0 heterocycles. The molecule has 5 nitrogen and oxygen atoms in total. The highest BCUT2D eigenvalue weighted by Crippen LogP contribution is 2.25. The molecular formula is C19H21NO4. The predicted octanol–water partition coefficient (Wildman–Crippen LogP) is 3.55. The van der Waals surface area contributed by atoms with Crippen molar-refractivity contribution in [1.82, 2.24) is 5.32 Å². The molecule has 2 rings (SSSR count). The third-order valence-corrected chi connectivity index (χ3v) is 3.26. The summed E-state index contributed by atoms with van der Waals surface area (Å²) in [6, 6.07) is 15.9. The van der Waals surface area contributed by atoms with Crippen molar-refractivity contribution in [2.75, 3.05) is 13.2 Å². The van der Waals surface area contributed by atoms with Gasteiger partial charge in [-0.2, -0.15) is 0 Å². The van der Waals surface area contributed by atoms with Gasteiger partial charge in [-0.3, -0.25) is 4.79 Å². The van der Waals surface area contributed by atoms with Crippen LogP contribution in [0, 0.1) is 0 Å². The second-order valence-corrected chi connectivity index (χ2v) is 5.19. The lowest BCUT2D eigenvalue weighted by atomic mass is 10.2. The highest BCUT2D eigenvalue weighted by molar-refractivity contribution is 5.94. The zero-order valence-corrected chi connectivity index (χ0v) is 13.7. The maximum Gasteiger partial charge on any atom is 0.342 e. The minimum atomic E-state index is -0.591. The number of hydrogen-bond acceptors (Lipinski definition) is 4. The van der Waals surface area contributed by atoms with Crippen molar-refractivity contribution in [1.29, 1.82) is 0 Å². The van der Waals surface area contributed by atoms with Crippen LogP contribution in [0.2, 0.25) is 0 Å². The van der Waals surface area contributed by atoms with Crippen molar-refractivity contribution in [3.8, 4) is 11.5 Å². The summed E-state index contributed by atoms with van der Waals surface area (Å²) in [6.45, 7) is 2.32. The summed E-state index contributed by atoms with van der Waals surface area (Å²) in [4.78, 5) is 23.8. The van der Waals surface area contributed by atoms with Crippen molar-refractivity contribution < 1.29 is 19.1 Å². The third-order valence-electron chi connectivity index (χ3n) is 3.26. The molecule has 24 heavy (non-hydrogen) atoms. The molecule has 0 aromatic heterocycles. The molecule has 0 bridgehead atoms. The van der Waals surface area contributed by atoms with E-state index in [-0.39, 0.29) is 18.1 Å². The molecule has 0 atom stereocenters. The first kappa shape index (κ1) is 17.5. The Morgan fingerprint density at radius 3 is 2.46 bits per heavy atom. The first-order chi connectivity index (χ1) is 11.7. The zero-order chi connectivity index (χ0) is 17.2. The molecule has 0 unspecified atom stereocenters. The van der Waals surface area contributed by atoms with E-state index in [0.29, 0.717) is 18.0 Å². The van der Waals surface area contributed by atoms with Gasteiger partial charge < -0.3 is 14.8 Å². The number of ether oxygens (including phenoxy) is 2. The van der Waals surface area contributed by atoms with Crippen LogP contribution in [-0.4, -0.2) is 25.0 Å². The topological polar surface area (TPSA) is 64.6 Å². The van der Waals surface area contributed by atoms with Crippen molar-refractivity contribution in [2.45, 2.75) is 19.8 Å². The number of esters is 1. The number of amides is 1. The average Bonchev–Trinajstić information content (AvgIpc) is 2.61. The summed E-state index contributed by atoms with van der Waals surface area (Å²) in [5.74, 6) is 0.112. The standard InChI is InChI=1S/C19H21NO4/c1-2-3-13-20-18(21)14-23-19(22)16-11-7-8-12-17(16)24-15-9-5-4-6-10-15/h4-12H,2-3,13-14H2,1H3,(H,20,21). The van der Waals surface area contributed by atoms with Gasteiger partial charge in [-0.25, -0.2) is 4.79 Å². The molecule has 2 aromatic carbocycles. The number of hydrogen-bond donors (Lipinski definition) is 1. The van der Waals surface area contributed by atoms with Gasteiger partial charge in [0, 0.05) is 6.54 Å². The Balaban J connectivity index is 1.96. The number of unbranched alkanes of at least 4 members (excludes halogenated alkanes) is 1. The summed E-state index contributed by atoms with van der Waals surface area (Å²) in [5, 5.41) is 2.70. The smallest absolute Gasteiger partial charge is 0.342 e. The van der Waals surface area contributed by atoms with Crippen molar-refractivity contribution >= 4 is 11.9 Å². The van der Waals surface area contributed by atoms with E-state index >= 15 is 0 Å². The zero-order valence-electron chi connectivity index (χ0n) is 13.7. The van der Waals surface area contributed by atoms with E-state index in [1.54, 1.807) is 36.4 Å². The first-order valence-electron chi connectivity index (χ1n) is 7.96. The Labute approximate surface area is 141 Å². The predicted molar refractivity (Wildman–Crippen MR) is 91.2 cm³/mol. The second-order valence-electron chi connectivity index (χ2n) is 5.19. The SMILES string of the molecule is CCCCNC(=O)COC(=O)c1ccccc1Oc1ccccc1. The molecule has 5 heteroatoms. The Bertz CT molecular complexity index is 670. The Morgan fingerprint density at radius 2 is 1.71 bits per heavy atom. The molecule has 0 aliphatic heterocycles. The fourth-order valence-electron chi connectivity index (χ4n) is 2.00. The Kier molecular flexibility index (Phi) is 6.83. The summed E-state index contributed by atoms with van der Waals surface area (Å²) in [7, 11) is 0. The number of carbonyl (C=O) groups is 2. The fraction of sp³-hybridized carbons (Fsp3) is 0.263. The fourth-order valence-corrected chi connectivity index (χ4v) is 2.00. The molecule has 0 saturated heterocycles. The Hall–Kier alpha value is -2.82. The second kappa shape index (κ2) is 9.35. The van der Waals surface area contributed by atoms with Crippen molar-refractivity contribution in [3.63, 3.8) is 0 Å². The first-order valence-corrected chi connectivity index (χ1v) is 7.96. The van der Waals surface area contributed by atoms with E-state index in [0.717, 1.165) is 12.8 Å². The molecule has 126 valence electrons. The van der Waals surface area contributed by atoms with Crippen LogP contribution in [0.1, 0.15) is 30.1 Å². The minimum Gasteiger partial charge on any atom is -0.456 e. The van der Waals surface area contributed by atoms with E-state index in [1.807, 2.05) is 25.1 Å². The number of carbonyl (C=O) groups excluding carboxylic acids is 2. The summed E-state index contributed by atoms with van der Waals surface area (Å²) in [5.41, 5.74) is 0.280. The van der Waals surface area contributed by atoms with Crippen LogP contribution < -0.4 is 10.1 Å². The van der Waals surface area contributed by atoms with Gasteiger partial charge >= 0.3 is 5.97 Å². The lowest BCUT2D eigenvalue weighted by Crippen LogP contribution is -2.29. The van der Waals surface area contributed by atoms with Crippen LogP contribution in [0.5, 0.6) is 11.5 Å². The van der Waals surface area contributed by atoms with Gasteiger partial charge in [0.05, 0.1) is 0 Å². The quantitative estimate of drug-likeness (QED) is 0.595.